The zero-order valence-corrected chi connectivity index (χ0v) is 17.7. The van der Waals surface area contributed by atoms with Crippen LogP contribution in [0.15, 0.2) is 18.3 Å². The number of carbonyl (C=O) groups is 1. The third kappa shape index (κ3) is 5.23. The van der Waals surface area contributed by atoms with Crippen LogP contribution in [-0.4, -0.2) is 61.1 Å². The minimum absolute atomic E-state index is 0.0370. The Hall–Kier alpha value is -1.88. The maximum Gasteiger partial charge on any atom is 0.417 e. The number of anilines is 1. The predicted octanol–water partition coefficient (Wildman–Crippen LogP) is 2.39. The van der Waals surface area contributed by atoms with Crippen LogP contribution in [0.1, 0.15) is 44.6 Å². The van der Waals surface area contributed by atoms with Gasteiger partial charge in [0, 0.05) is 31.9 Å². The fourth-order valence-corrected chi connectivity index (χ4v) is 5.75. The molecule has 1 N–H and O–H groups in total. The van der Waals surface area contributed by atoms with Crippen molar-refractivity contribution in [2.45, 2.75) is 57.3 Å². The molecule has 0 bridgehead atoms. The molecule has 1 aromatic rings. The molecule has 0 aromatic carbocycles. The van der Waals surface area contributed by atoms with E-state index < -0.39 is 27.8 Å². The predicted molar refractivity (Wildman–Crippen MR) is 106 cm³/mol. The fourth-order valence-electron chi connectivity index (χ4n) is 4.00. The van der Waals surface area contributed by atoms with E-state index in [1.807, 2.05) is 4.90 Å². The minimum atomic E-state index is -4.42. The summed E-state index contributed by atoms with van der Waals surface area (Å²) in [5, 5.41) is 2.97. The Morgan fingerprint density at radius 3 is 2.47 bits per heavy atom. The number of piperidine rings is 1. The first-order valence-corrected chi connectivity index (χ1v) is 11.8. The molecule has 0 radical (unpaired) electrons. The first kappa shape index (κ1) is 22.8. The van der Waals surface area contributed by atoms with Gasteiger partial charge in [-0.1, -0.05) is 6.92 Å². The Morgan fingerprint density at radius 1 is 1.20 bits per heavy atom. The lowest BCUT2D eigenvalue weighted by atomic mass is 10.0. The van der Waals surface area contributed by atoms with E-state index in [0.29, 0.717) is 57.6 Å². The smallest absolute Gasteiger partial charge is 0.356 e. The number of hydrogen-bond donors (Lipinski definition) is 1. The van der Waals surface area contributed by atoms with Gasteiger partial charge in [-0.2, -0.15) is 17.5 Å². The number of carbonyl (C=O) groups excluding carboxylic acids is 1. The number of alkyl halides is 3. The van der Waals surface area contributed by atoms with Crippen LogP contribution in [0.2, 0.25) is 0 Å². The molecule has 2 aliphatic heterocycles. The van der Waals surface area contributed by atoms with Crippen molar-refractivity contribution < 1.29 is 26.4 Å². The number of nitrogens with one attached hydrogen (secondary N) is 1. The van der Waals surface area contributed by atoms with Crippen LogP contribution < -0.4 is 10.2 Å². The fraction of sp³-hybridized carbons (Fsp3) is 0.684. The summed E-state index contributed by atoms with van der Waals surface area (Å²) in [5.41, 5.74) is -0.785. The third-order valence-corrected chi connectivity index (χ3v) is 7.64. The molecule has 7 nitrogen and oxygen atoms in total. The van der Waals surface area contributed by atoms with Crippen molar-refractivity contribution in [3.63, 3.8) is 0 Å². The number of amides is 1. The molecule has 1 atom stereocenters. The zero-order valence-electron chi connectivity index (χ0n) is 16.9. The molecule has 0 saturated carbocycles. The van der Waals surface area contributed by atoms with Crippen LogP contribution >= 0.6 is 0 Å². The average molecular weight is 449 g/mol. The second kappa shape index (κ2) is 9.09. The molecular weight excluding hydrogens is 421 g/mol. The lowest BCUT2D eigenvalue weighted by Gasteiger charge is -2.34. The van der Waals surface area contributed by atoms with Gasteiger partial charge in [0.2, 0.25) is 15.9 Å². The molecule has 0 aliphatic carbocycles. The van der Waals surface area contributed by atoms with Crippen molar-refractivity contribution >= 4 is 21.7 Å². The summed E-state index contributed by atoms with van der Waals surface area (Å²) in [6, 6.07) is 1.62. The molecule has 0 spiro atoms. The molecule has 1 aromatic heterocycles. The summed E-state index contributed by atoms with van der Waals surface area (Å²) < 4.78 is 64.1. The highest BCUT2D eigenvalue weighted by molar-refractivity contribution is 7.89. The molecule has 2 aliphatic rings. The molecule has 30 heavy (non-hydrogen) atoms. The van der Waals surface area contributed by atoms with Gasteiger partial charge in [-0.25, -0.2) is 13.4 Å². The normalized spacial score (nSPS) is 21.7. The Morgan fingerprint density at radius 2 is 1.90 bits per heavy atom. The van der Waals surface area contributed by atoms with E-state index in [9.17, 15) is 26.4 Å². The number of pyridine rings is 1. The molecule has 168 valence electrons. The first-order valence-electron chi connectivity index (χ1n) is 10.2. The number of hydrogen-bond acceptors (Lipinski definition) is 5. The van der Waals surface area contributed by atoms with Crippen LogP contribution in [0.4, 0.5) is 19.0 Å². The number of rotatable bonds is 6. The monoisotopic (exact) mass is 448 g/mol. The lowest BCUT2D eigenvalue weighted by molar-refractivity contribution is -0.137. The summed E-state index contributed by atoms with van der Waals surface area (Å²) in [5.74, 6) is 0.244. The van der Waals surface area contributed by atoms with Crippen LogP contribution in [-0.2, 0) is 21.0 Å². The van der Waals surface area contributed by atoms with Gasteiger partial charge in [0.15, 0.2) is 0 Å². The second-order valence-electron chi connectivity index (χ2n) is 7.76. The van der Waals surface area contributed by atoms with Crippen LogP contribution in [0.3, 0.4) is 0 Å². The molecule has 3 heterocycles. The minimum Gasteiger partial charge on any atom is -0.356 e. The molecule has 1 unspecified atom stereocenters. The Bertz CT molecular complexity index is 838. The molecule has 1 amide bonds. The van der Waals surface area contributed by atoms with Crippen molar-refractivity contribution in [2.24, 2.45) is 0 Å². The standard InChI is InChI=1S/C19H27F3N4O3S/c1-2-12-30(28,29)26-9-3-4-16(26)18(27)24-15-7-10-25(11-8-15)17-6-5-14(13-23-17)19(20,21)22/h5-6,13,15-16H,2-4,7-12H2,1H3,(H,24,27). The summed E-state index contributed by atoms with van der Waals surface area (Å²) in [4.78, 5) is 18.5. The Balaban J connectivity index is 1.54. The van der Waals surface area contributed by atoms with E-state index in [2.05, 4.69) is 10.3 Å². The van der Waals surface area contributed by atoms with E-state index >= 15 is 0 Å². The topological polar surface area (TPSA) is 82.6 Å². The van der Waals surface area contributed by atoms with E-state index in [-0.39, 0.29) is 17.7 Å². The number of sulfonamides is 1. The van der Waals surface area contributed by atoms with Crippen molar-refractivity contribution in [1.82, 2.24) is 14.6 Å². The maximum absolute atomic E-state index is 12.7. The number of aromatic nitrogens is 1. The van der Waals surface area contributed by atoms with Gasteiger partial charge in [0.25, 0.3) is 0 Å². The highest BCUT2D eigenvalue weighted by Gasteiger charge is 2.39. The van der Waals surface area contributed by atoms with E-state index in [0.717, 1.165) is 12.3 Å². The maximum atomic E-state index is 12.7. The molecule has 3 rings (SSSR count). The summed E-state index contributed by atoms with van der Waals surface area (Å²) in [6.07, 6.45) is -0.673. The van der Waals surface area contributed by atoms with Gasteiger partial charge in [0.05, 0.1) is 11.3 Å². The second-order valence-corrected chi connectivity index (χ2v) is 9.80. The van der Waals surface area contributed by atoms with Gasteiger partial charge in [0.1, 0.15) is 11.9 Å². The van der Waals surface area contributed by atoms with E-state index in [4.69, 9.17) is 0 Å². The van der Waals surface area contributed by atoms with Crippen LogP contribution in [0.5, 0.6) is 0 Å². The molecule has 11 heteroatoms. The van der Waals surface area contributed by atoms with E-state index in [1.54, 1.807) is 6.92 Å². The van der Waals surface area contributed by atoms with Gasteiger partial charge in [-0.3, -0.25) is 4.79 Å². The van der Waals surface area contributed by atoms with Gasteiger partial charge < -0.3 is 10.2 Å². The largest absolute Gasteiger partial charge is 0.417 e. The molecule has 2 fully saturated rings. The highest BCUT2D eigenvalue weighted by atomic mass is 32.2. The number of nitrogens with zero attached hydrogens (tertiary/aromatic N) is 3. The lowest BCUT2D eigenvalue weighted by Crippen LogP contribution is -2.51. The van der Waals surface area contributed by atoms with Gasteiger partial charge in [-0.15, -0.1) is 0 Å². The zero-order chi connectivity index (χ0) is 21.9. The summed E-state index contributed by atoms with van der Waals surface area (Å²) in [7, 11) is -3.43. The van der Waals surface area contributed by atoms with Gasteiger partial charge in [-0.05, 0) is 44.2 Å². The first-order chi connectivity index (χ1) is 14.1. The van der Waals surface area contributed by atoms with Crippen molar-refractivity contribution in [1.29, 1.82) is 0 Å². The van der Waals surface area contributed by atoms with Crippen LogP contribution in [0.25, 0.3) is 0 Å². The SMILES string of the molecule is CCCS(=O)(=O)N1CCCC1C(=O)NC1CCN(c2ccc(C(F)(F)F)cn2)CC1. The summed E-state index contributed by atoms with van der Waals surface area (Å²) >= 11 is 0. The van der Waals surface area contributed by atoms with Crippen molar-refractivity contribution in [2.75, 3.05) is 30.3 Å². The quantitative estimate of drug-likeness (QED) is 0.723. The Labute approximate surface area is 174 Å². The highest BCUT2D eigenvalue weighted by Crippen LogP contribution is 2.30. The third-order valence-electron chi connectivity index (χ3n) is 5.57. The average Bonchev–Trinajstić information content (AvgIpc) is 3.19. The Kier molecular flexibility index (Phi) is 6.91. The molecular formula is C19H27F3N4O3S. The van der Waals surface area contributed by atoms with Crippen molar-refractivity contribution in [3.8, 4) is 0 Å². The van der Waals surface area contributed by atoms with E-state index in [1.165, 1.54) is 10.4 Å². The summed E-state index contributed by atoms with van der Waals surface area (Å²) in [6.45, 7) is 3.26. The van der Waals surface area contributed by atoms with Crippen LogP contribution in [0, 0.1) is 0 Å². The molecule has 2 saturated heterocycles. The number of halogens is 3. The van der Waals surface area contributed by atoms with Crippen molar-refractivity contribution in [3.05, 3.63) is 23.9 Å². The van der Waals surface area contributed by atoms with Gasteiger partial charge >= 0.3 is 6.18 Å².